The van der Waals surface area contributed by atoms with E-state index in [1.165, 1.54) is 49.8 Å². The van der Waals surface area contributed by atoms with Gasteiger partial charge in [-0.15, -0.1) is 0 Å². The van der Waals surface area contributed by atoms with Gasteiger partial charge in [-0.3, -0.25) is 0 Å². The molecule has 1 aliphatic rings. The third-order valence-corrected chi connectivity index (χ3v) is 4.50. The summed E-state index contributed by atoms with van der Waals surface area (Å²) in [5.41, 5.74) is 5.86. The Hall–Kier alpha value is -1.76. The van der Waals surface area contributed by atoms with Gasteiger partial charge in [0.1, 0.15) is 0 Å². The van der Waals surface area contributed by atoms with Crippen LogP contribution in [0.4, 0.5) is 5.69 Å². The Labute approximate surface area is 128 Å². The van der Waals surface area contributed by atoms with Crippen molar-refractivity contribution >= 4 is 5.69 Å². The van der Waals surface area contributed by atoms with E-state index in [1.807, 2.05) is 0 Å². The summed E-state index contributed by atoms with van der Waals surface area (Å²) in [6, 6.07) is 18.0. The molecule has 0 spiro atoms. The Morgan fingerprint density at radius 2 is 1.76 bits per heavy atom. The Morgan fingerprint density at radius 3 is 2.57 bits per heavy atom. The molecule has 1 nitrogen and oxygen atoms in total. The van der Waals surface area contributed by atoms with Gasteiger partial charge in [-0.25, -0.2) is 0 Å². The summed E-state index contributed by atoms with van der Waals surface area (Å²) in [4.78, 5) is 0. The third kappa shape index (κ3) is 3.29. The van der Waals surface area contributed by atoms with E-state index in [2.05, 4.69) is 60.8 Å². The van der Waals surface area contributed by atoms with Crippen molar-refractivity contribution in [3.8, 4) is 0 Å². The lowest BCUT2D eigenvalue weighted by Gasteiger charge is -2.25. The van der Waals surface area contributed by atoms with Gasteiger partial charge in [0.25, 0.3) is 0 Å². The van der Waals surface area contributed by atoms with Gasteiger partial charge in [-0.2, -0.15) is 0 Å². The SMILES string of the molecule is CCCC(Nc1cccc2c1CCCC2)c1ccccc1. The van der Waals surface area contributed by atoms with E-state index in [0.29, 0.717) is 6.04 Å². The first-order valence-corrected chi connectivity index (χ1v) is 8.30. The molecule has 1 heteroatoms. The molecule has 0 bridgehead atoms. The molecule has 0 amide bonds. The summed E-state index contributed by atoms with van der Waals surface area (Å²) < 4.78 is 0. The number of hydrogen-bond donors (Lipinski definition) is 1. The minimum absolute atomic E-state index is 0.421. The minimum Gasteiger partial charge on any atom is -0.378 e. The molecule has 0 heterocycles. The number of anilines is 1. The number of benzene rings is 2. The zero-order valence-electron chi connectivity index (χ0n) is 12.9. The van der Waals surface area contributed by atoms with E-state index in [0.717, 1.165) is 0 Å². The molecule has 0 aliphatic heterocycles. The van der Waals surface area contributed by atoms with Crippen LogP contribution in [0.5, 0.6) is 0 Å². The number of rotatable bonds is 5. The average Bonchev–Trinajstić information content (AvgIpc) is 2.55. The summed E-state index contributed by atoms with van der Waals surface area (Å²) in [6.45, 7) is 2.26. The Kier molecular flexibility index (Phi) is 4.59. The molecule has 1 aliphatic carbocycles. The van der Waals surface area contributed by atoms with E-state index < -0.39 is 0 Å². The van der Waals surface area contributed by atoms with E-state index in [9.17, 15) is 0 Å². The fraction of sp³-hybridized carbons (Fsp3) is 0.400. The van der Waals surface area contributed by atoms with Crippen LogP contribution in [0.2, 0.25) is 0 Å². The quantitative estimate of drug-likeness (QED) is 0.760. The largest absolute Gasteiger partial charge is 0.378 e. The highest BCUT2D eigenvalue weighted by molar-refractivity contribution is 5.56. The number of aryl methyl sites for hydroxylation is 1. The zero-order chi connectivity index (χ0) is 14.5. The van der Waals surface area contributed by atoms with Gasteiger partial charge < -0.3 is 5.32 Å². The summed E-state index contributed by atoms with van der Waals surface area (Å²) in [7, 11) is 0. The van der Waals surface area contributed by atoms with E-state index in [-0.39, 0.29) is 0 Å². The Bertz CT molecular complexity index is 574. The Morgan fingerprint density at radius 1 is 0.952 bits per heavy atom. The third-order valence-electron chi connectivity index (χ3n) is 4.50. The van der Waals surface area contributed by atoms with Crippen molar-refractivity contribution in [3.05, 3.63) is 65.2 Å². The molecule has 1 N–H and O–H groups in total. The van der Waals surface area contributed by atoms with Crippen LogP contribution in [0.1, 0.15) is 55.3 Å². The first kappa shape index (κ1) is 14.2. The number of hydrogen-bond acceptors (Lipinski definition) is 1. The van der Waals surface area contributed by atoms with Crippen molar-refractivity contribution in [2.45, 2.75) is 51.5 Å². The van der Waals surface area contributed by atoms with Crippen LogP contribution in [-0.4, -0.2) is 0 Å². The van der Waals surface area contributed by atoms with Crippen LogP contribution in [0.25, 0.3) is 0 Å². The van der Waals surface area contributed by atoms with Gasteiger partial charge in [0, 0.05) is 5.69 Å². The molecule has 3 rings (SSSR count). The molecule has 110 valence electrons. The molecule has 0 fully saturated rings. The second-order valence-corrected chi connectivity index (χ2v) is 6.05. The standard InChI is InChI=1S/C20H25N/c1-2-9-19(17-11-4-3-5-12-17)21-20-15-8-13-16-10-6-7-14-18(16)20/h3-5,8,11-13,15,19,21H,2,6-7,9-10,14H2,1H3. The molecule has 0 saturated carbocycles. The van der Waals surface area contributed by atoms with Crippen LogP contribution >= 0.6 is 0 Å². The van der Waals surface area contributed by atoms with E-state index >= 15 is 0 Å². The van der Waals surface area contributed by atoms with Crippen molar-refractivity contribution in [1.82, 2.24) is 0 Å². The summed E-state index contributed by atoms with van der Waals surface area (Å²) in [5, 5.41) is 3.82. The van der Waals surface area contributed by atoms with Crippen LogP contribution < -0.4 is 5.32 Å². The molecule has 2 aromatic carbocycles. The fourth-order valence-corrected chi connectivity index (χ4v) is 3.40. The molecule has 1 atom stereocenters. The predicted molar refractivity (Wildman–Crippen MR) is 90.8 cm³/mol. The van der Waals surface area contributed by atoms with Crippen molar-refractivity contribution in [1.29, 1.82) is 0 Å². The topological polar surface area (TPSA) is 12.0 Å². The maximum Gasteiger partial charge on any atom is 0.0513 e. The zero-order valence-corrected chi connectivity index (χ0v) is 12.9. The van der Waals surface area contributed by atoms with Crippen molar-refractivity contribution < 1.29 is 0 Å². The van der Waals surface area contributed by atoms with E-state index in [4.69, 9.17) is 0 Å². The molecule has 0 aromatic heterocycles. The summed E-state index contributed by atoms with van der Waals surface area (Å²) >= 11 is 0. The van der Waals surface area contributed by atoms with Crippen LogP contribution in [0.3, 0.4) is 0 Å². The lowest BCUT2D eigenvalue weighted by Crippen LogP contribution is -2.14. The van der Waals surface area contributed by atoms with Crippen LogP contribution in [0.15, 0.2) is 48.5 Å². The van der Waals surface area contributed by atoms with Gasteiger partial charge in [0.2, 0.25) is 0 Å². The predicted octanol–water partition coefficient (Wildman–Crippen LogP) is 5.52. The monoisotopic (exact) mass is 279 g/mol. The molecule has 1 unspecified atom stereocenters. The lowest BCUT2D eigenvalue weighted by molar-refractivity contribution is 0.664. The Balaban J connectivity index is 1.86. The van der Waals surface area contributed by atoms with Gasteiger partial charge in [-0.05, 0) is 54.9 Å². The highest BCUT2D eigenvalue weighted by Crippen LogP contribution is 2.31. The maximum atomic E-state index is 3.82. The van der Waals surface area contributed by atoms with Crippen LogP contribution in [-0.2, 0) is 12.8 Å². The highest BCUT2D eigenvalue weighted by Gasteiger charge is 2.16. The van der Waals surface area contributed by atoms with Crippen LogP contribution in [0, 0.1) is 0 Å². The summed E-state index contributed by atoms with van der Waals surface area (Å²) in [5.74, 6) is 0. The number of nitrogens with one attached hydrogen (secondary N) is 1. The minimum atomic E-state index is 0.421. The van der Waals surface area contributed by atoms with Gasteiger partial charge in [-0.1, -0.05) is 55.8 Å². The second kappa shape index (κ2) is 6.80. The highest BCUT2D eigenvalue weighted by atomic mass is 14.9. The van der Waals surface area contributed by atoms with Crippen molar-refractivity contribution in [3.63, 3.8) is 0 Å². The van der Waals surface area contributed by atoms with Gasteiger partial charge >= 0.3 is 0 Å². The van der Waals surface area contributed by atoms with Gasteiger partial charge in [0.15, 0.2) is 0 Å². The number of fused-ring (bicyclic) bond motifs is 1. The second-order valence-electron chi connectivity index (χ2n) is 6.05. The smallest absolute Gasteiger partial charge is 0.0513 e. The molecule has 2 aromatic rings. The summed E-state index contributed by atoms with van der Waals surface area (Å²) in [6.07, 6.45) is 7.51. The normalized spacial score (nSPS) is 15.3. The van der Waals surface area contributed by atoms with Crippen molar-refractivity contribution in [2.24, 2.45) is 0 Å². The molecule has 0 radical (unpaired) electrons. The van der Waals surface area contributed by atoms with E-state index in [1.54, 1.807) is 11.1 Å². The maximum absolute atomic E-state index is 3.82. The van der Waals surface area contributed by atoms with Crippen molar-refractivity contribution in [2.75, 3.05) is 5.32 Å². The molecule has 0 saturated heterocycles. The lowest BCUT2D eigenvalue weighted by atomic mass is 9.90. The average molecular weight is 279 g/mol. The molecular weight excluding hydrogens is 254 g/mol. The molecule has 21 heavy (non-hydrogen) atoms. The van der Waals surface area contributed by atoms with Gasteiger partial charge in [0.05, 0.1) is 6.04 Å². The molecular formula is C20H25N. The fourth-order valence-electron chi connectivity index (χ4n) is 3.40. The first-order valence-electron chi connectivity index (χ1n) is 8.30. The first-order chi connectivity index (χ1) is 10.4.